The highest BCUT2D eigenvalue weighted by molar-refractivity contribution is 5.94. The SMILES string of the molecule is COC(C)(C)C(=O)N1CCCC1C(=O)N[C@H](Cc1ccc2ccccc2c1)C(=O)NCCCNCC(C)C.Cl. The van der Waals surface area contributed by atoms with E-state index in [0.717, 1.165) is 42.3 Å². The maximum Gasteiger partial charge on any atom is 0.254 e. The van der Waals surface area contributed by atoms with E-state index in [9.17, 15) is 14.4 Å². The van der Waals surface area contributed by atoms with E-state index < -0.39 is 17.7 Å². The van der Waals surface area contributed by atoms with Gasteiger partial charge in [0.05, 0.1) is 0 Å². The van der Waals surface area contributed by atoms with Crippen LogP contribution in [0.1, 0.15) is 52.5 Å². The summed E-state index contributed by atoms with van der Waals surface area (Å²) < 4.78 is 5.37. The summed E-state index contributed by atoms with van der Waals surface area (Å²) in [7, 11) is 1.49. The molecule has 2 aromatic rings. The number of hydrogen-bond donors (Lipinski definition) is 3. The Balaban J connectivity index is 0.00000533. The highest BCUT2D eigenvalue weighted by Gasteiger charge is 2.41. The number of fused-ring (bicyclic) bond motifs is 1. The molecule has 1 unspecified atom stereocenters. The van der Waals surface area contributed by atoms with E-state index in [4.69, 9.17) is 4.74 Å². The minimum Gasteiger partial charge on any atom is -0.369 e. The minimum absolute atomic E-state index is 0. The molecule has 0 spiro atoms. The van der Waals surface area contributed by atoms with Gasteiger partial charge in [0.25, 0.3) is 5.91 Å². The van der Waals surface area contributed by atoms with Crippen LogP contribution in [0.25, 0.3) is 10.8 Å². The van der Waals surface area contributed by atoms with Gasteiger partial charge in [-0.25, -0.2) is 0 Å². The summed E-state index contributed by atoms with van der Waals surface area (Å²) in [6.45, 7) is 10.5. The third kappa shape index (κ3) is 9.19. The van der Waals surface area contributed by atoms with Crippen LogP contribution in [0.2, 0.25) is 0 Å². The lowest BCUT2D eigenvalue weighted by Crippen LogP contribution is -2.56. The van der Waals surface area contributed by atoms with Crippen molar-refractivity contribution in [1.82, 2.24) is 20.9 Å². The van der Waals surface area contributed by atoms with Crippen LogP contribution in [0, 0.1) is 5.92 Å². The molecule has 0 radical (unpaired) electrons. The molecule has 3 N–H and O–H groups in total. The van der Waals surface area contributed by atoms with Gasteiger partial charge in [0.2, 0.25) is 11.8 Å². The molecule has 9 heteroatoms. The van der Waals surface area contributed by atoms with E-state index in [1.54, 1.807) is 18.7 Å². The summed E-state index contributed by atoms with van der Waals surface area (Å²) in [4.78, 5) is 41.4. The van der Waals surface area contributed by atoms with E-state index in [-0.39, 0.29) is 30.1 Å². The van der Waals surface area contributed by atoms with Crippen LogP contribution in [-0.2, 0) is 25.5 Å². The number of nitrogens with zero attached hydrogens (tertiary/aromatic N) is 1. The topological polar surface area (TPSA) is 99.8 Å². The summed E-state index contributed by atoms with van der Waals surface area (Å²) >= 11 is 0. The third-order valence-electron chi connectivity index (χ3n) is 7.11. The van der Waals surface area contributed by atoms with Crippen molar-refractivity contribution >= 4 is 40.9 Å². The lowest BCUT2D eigenvalue weighted by Gasteiger charge is -2.32. The standard InChI is InChI=1S/C30H44N4O4.ClH/c1-21(2)20-31-15-9-16-32-27(35)25(19-22-13-14-23-10-6-7-11-24(23)18-22)33-28(36)26-12-8-17-34(26)29(37)30(3,4)38-5;/h6-7,10-11,13-14,18,21,25-26,31H,8-9,12,15-17,19-20H2,1-5H3,(H,32,35)(H,33,36);1H/t25-,26?;/m1./s1. The van der Waals surface area contributed by atoms with Crippen molar-refractivity contribution in [1.29, 1.82) is 0 Å². The molecule has 2 aromatic carbocycles. The van der Waals surface area contributed by atoms with Gasteiger partial charge >= 0.3 is 0 Å². The molecule has 1 heterocycles. The van der Waals surface area contributed by atoms with Gasteiger partial charge in [0.1, 0.15) is 17.7 Å². The fourth-order valence-corrected chi connectivity index (χ4v) is 4.73. The molecule has 3 amide bonds. The first-order chi connectivity index (χ1) is 18.1. The summed E-state index contributed by atoms with van der Waals surface area (Å²) in [5.41, 5.74) is -0.0587. The highest BCUT2D eigenvalue weighted by atomic mass is 35.5. The van der Waals surface area contributed by atoms with E-state index in [2.05, 4.69) is 35.9 Å². The lowest BCUT2D eigenvalue weighted by atomic mass is 10.0. The van der Waals surface area contributed by atoms with Crippen LogP contribution < -0.4 is 16.0 Å². The number of carbonyl (C=O) groups excluding carboxylic acids is 3. The molecule has 216 valence electrons. The number of nitrogens with one attached hydrogen (secondary N) is 3. The Labute approximate surface area is 239 Å². The molecule has 0 aromatic heterocycles. The summed E-state index contributed by atoms with van der Waals surface area (Å²) in [5, 5.41) is 11.6. The summed E-state index contributed by atoms with van der Waals surface area (Å²) in [6.07, 6.45) is 2.45. The smallest absolute Gasteiger partial charge is 0.254 e. The van der Waals surface area contributed by atoms with Gasteiger partial charge in [-0.15, -0.1) is 12.4 Å². The molecule has 3 rings (SSSR count). The van der Waals surface area contributed by atoms with Gasteiger partial charge in [0.15, 0.2) is 0 Å². The maximum absolute atomic E-state index is 13.4. The Bertz CT molecular complexity index is 1110. The molecular formula is C30H45ClN4O4. The molecule has 39 heavy (non-hydrogen) atoms. The number of amides is 3. The molecule has 2 atom stereocenters. The van der Waals surface area contributed by atoms with Crippen LogP contribution in [0.15, 0.2) is 42.5 Å². The normalized spacial score (nSPS) is 16.2. The molecule has 8 nitrogen and oxygen atoms in total. The number of carbonyl (C=O) groups is 3. The van der Waals surface area contributed by atoms with Crippen molar-refractivity contribution in [3.63, 3.8) is 0 Å². The van der Waals surface area contributed by atoms with Crippen LogP contribution in [-0.4, -0.2) is 73.6 Å². The number of likely N-dealkylation sites (tertiary alicyclic amines) is 1. The van der Waals surface area contributed by atoms with Gasteiger partial charge in [-0.05, 0) is 68.5 Å². The Morgan fingerprint density at radius 3 is 2.49 bits per heavy atom. The van der Waals surface area contributed by atoms with Crippen LogP contribution in [0.5, 0.6) is 0 Å². The van der Waals surface area contributed by atoms with Crippen molar-refractivity contribution in [3.8, 4) is 0 Å². The molecule has 1 fully saturated rings. The van der Waals surface area contributed by atoms with E-state index in [1.807, 2.05) is 36.4 Å². The van der Waals surface area contributed by atoms with E-state index in [1.165, 1.54) is 7.11 Å². The number of halogens is 1. The van der Waals surface area contributed by atoms with E-state index in [0.29, 0.717) is 31.8 Å². The lowest BCUT2D eigenvalue weighted by molar-refractivity contribution is -0.154. The Hall–Kier alpha value is -2.68. The Morgan fingerprint density at radius 1 is 1.08 bits per heavy atom. The maximum atomic E-state index is 13.4. The molecule has 0 bridgehead atoms. The van der Waals surface area contributed by atoms with Crippen molar-refractivity contribution in [3.05, 3.63) is 48.0 Å². The zero-order valence-corrected chi connectivity index (χ0v) is 24.7. The van der Waals surface area contributed by atoms with Gasteiger partial charge < -0.3 is 25.6 Å². The minimum atomic E-state index is -1.02. The molecule has 1 saturated heterocycles. The fraction of sp³-hybridized carbons (Fsp3) is 0.567. The molecule has 1 aliphatic heterocycles. The van der Waals surface area contributed by atoms with Crippen molar-refractivity contribution < 1.29 is 19.1 Å². The Kier molecular flexibility index (Phi) is 12.7. The van der Waals surface area contributed by atoms with Crippen LogP contribution in [0.3, 0.4) is 0 Å². The first kappa shape index (κ1) is 32.5. The number of rotatable bonds is 13. The van der Waals surface area contributed by atoms with E-state index >= 15 is 0 Å². The van der Waals surface area contributed by atoms with Crippen LogP contribution in [0.4, 0.5) is 0 Å². The quantitative estimate of drug-likeness (QED) is 0.326. The first-order valence-electron chi connectivity index (χ1n) is 13.7. The molecular weight excluding hydrogens is 516 g/mol. The number of hydrogen-bond acceptors (Lipinski definition) is 5. The van der Waals surface area contributed by atoms with Gasteiger partial charge in [-0.1, -0.05) is 56.3 Å². The van der Waals surface area contributed by atoms with Crippen molar-refractivity contribution in [2.75, 3.05) is 33.3 Å². The molecule has 0 saturated carbocycles. The predicted molar refractivity (Wildman–Crippen MR) is 158 cm³/mol. The highest BCUT2D eigenvalue weighted by Crippen LogP contribution is 2.23. The average Bonchev–Trinajstić information content (AvgIpc) is 3.39. The average molecular weight is 561 g/mol. The predicted octanol–water partition coefficient (Wildman–Crippen LogP) is 3.46. The number of methoxy groups -OCH3 is 1. The zero-order chi connectivity index (χ0) is 27.7. The third-order valence-corrected chi connectivity index (χ3v) is 7.11. The Morgan fingerprint density at radius 2 is 1.79 bits per heavy atom. The molecule has 1 aliphatic rings. The second kappa shape index (κ2) is 15.2. The molecule has 0 aliphatic carbocycles. The number of ether oxygens (including phenoxy) is 1. The second-order valence-electron chi connectivity index (χ2n) is 11.1. The van der Waals surface area contributed by atoms with Gasteiger partial charge in [0, 0.05) is 26.6 Å². The van der Waals surface area contributed by atoms with Crippen molar-refractivity contribution in [2.45, 2.75) is 71.1 Å². The second-order valence-corrected chi connectivity index (χ2v) is 11.1. The first-order valence-corrected chi connectivity index (χ1v) is 13.7. The van der Waals surface area contributed by atoms with Crippen molar-refractivity contribution in [2.24, 2.45) is 5.92 Å². The van der Waals surface area contributed by atoms with Gasteiger partial charge in [-0.2, -0.15) is 0 Å². The number of benzene rings is 2. The van der Waals surface area contributed by atoms with Gasteiger partial charge in [-0.3, -0.25) is 14.4 Å². The zero-order valence-electron chi connectivity index (χ0n) is 23.9. The van der Waals surface area contributed by atoms with Crippen LogP contribution >= 0.6 is 12.4 Å². The summed E-state index contributed by atoms with van der Waals surface area (Å²) in [5.74, 6) is -0.171. The monoisotopic (exact) mass is 560 g/mol. The summed E-state index contributed by atoms with van der Waals surface area (Å²) in [6, 6.07) is 12.8. The fourth-order valence-electron chi connectivity index (χ4n) is 4.73. The largest absolute Gasteiger partial charge is 0.369 e.